The highest BCUT2D eigenvalue weighted by molar-refractivity contribution is 6.07. The molecule has 0 N–H and O–H groups in total. The summed E-state index contributed by atoms with van der Waals surface area (Å²) in [6, 6.07) is 35.6. The molecule has 0 radical (unpaired) electrons. The van der Waals surface area contributed by atoms with Crippen LogP contribution in [-0.2, 0) is 21.6 Å². The Morgan fingerprint density at radius 2 is 1.50 bits per heavy atom. The van der Waals surface area contributed by atoms with Gasteiger partial charge in [0.05, 0.1) is 19.4 Å². The zero-order chi connectivity index (χ0) is 25.0. The van der Waals surface area contributed by atoms with Crippen molar-refractivity contribution in [2.75, 3.05) is 13.7 Å². The number of fused-ring (bicyclic) bond motifs is 1. The van der Waals surface area contributed by atoms with Crippen molar-refractivity contribution in [1.82, 2.24) is 4.90 Å². The Labute approximate surface area is 211 Å². The van der Waals surface area contributed by atoms with Gasteiger partial charge in [0.1, 0.15) is 11.6 Å². The molecule has 0 spiro atoms. The Bertz CT molecular complexity index is 1370. The summed E-state index contributed by atoms with van der Waals surface area (Å²) in [7, 11) is 1.63. The first-order valence-corrected chi connectivity index (χ1v) is 12.1. The molecule has 0 aliphatic carbocycles. The second-order valence-corrected chi connectivity index (χ2v) is 8.55. The van der Waals surface area contributed by atoms with Crippen LogP contribution in [0.4, 0.5) is 5.69 Å². The Morgan fingerprint density at radius 1 is 0.861 bits per heavy atom. The van der Waals surface area contributed by atoms with E-state index in [0.717, 1.165) is 22.3 Å². The number of methoxy groups -OCH3 is 1. The van der Waals surface area contributed by atoms with Crippen LogP contribution < -0.4 is 4.74 Å². The van der Waals surface area contributed by atoms with E-state index in [4.69, 9.17) is 14.5 Å². The predicted octanol–water partition coefficient (Wildman–Crippen LogP) is 6.10. The first-order chi connectivity index (χ1) is 17.7. The fraction of sp³-hybridized carbons (Fsp3) is 0.161. The number of nitrogens with zero attached hydrogens (tertiary/aromatic N) is 2. The van der Waals surface area contributed by atoms with Crippen LogP contribution in [0.5, 0.6) is 5.75 Å². The van der Waals surface area contributed by atoms with Gasteiger partial charge in [-0.3, -0.25) is 0 Å². The number of carbonyl (C=O) groups is 1. The molecule has 0 saturated carbocycles. The summed E-state index contributed by atoms with van der Waals surface area (Å²) in [5.74, 6) is 1.02. The lowest BCUT2D eigenvalue weighted by molar-refractivity contribution is -0.154. The topological polar surface area (TPSA) is 51.1 Å². The standard InChI is InChI=1S/C31H28N2O3/c1-3-36-30(34)31(25-17-11-6-12-18-25)27-20-19-26(35-2)21-28(27)32-29(24-15-9-5-10-16-24)33(31)22-23-13-7-4-8-14-23/h4-21H,3,22H2,1-2H3/t31-/m0/s1. The number of hydrogen-bond donors (Lipinski definition) is 0. The third kappa shape index (κ3) is 4.03. The first kappa shape index (κ1) is 23.4. The maximum absolute atomic E-state index is 14.3. The quantitative estimate of drug-likeness (QED) is 0.303. The van der Waals surface area contributed by atoms with E-state index in [1.807, 2.05) is 104 Å². The molecule has 1 aliphatic heterocycles. The van der Waals surface area contributed by atoms with Crippen molar-refractivity contribution in [2.45, 2.75) is 19.0 Å². The molecule has 0 aromatic heterocycles. The highest BCUT2D eigenvalue weighted by Crippen LogP contribution is 2.48. The average molecular weight is 477 g/mol. The van der Waals surface area contributed by atoms with Crippen molar-refractivity contribution in [1.29, 1.82) is 0 Å². The minimum absolute atomic E-state index is 0.260. The smallest absolute Gasteiger partial charge is 0.341 e. The Hall–Kier alpha value is -4.38. The van der Waals surface area contributed by atoms with Crippen LogP contribution in [0.1, 0.15) is 29.2 Å². The first-order valence-electron chi connectivity index (χ1n) is 12.1. The van der Waals surface area contributed by atoms with Crippen molar-refractivity contribution in [2.24, 2.45) is 4.99 Å². The van der Waals surface area contributed by atoms with Gasteiger partial charge in [-0.15, -0.1) is 0 Å². The SMILES string of the molecule is CCOC(=O)[C@]1(c2ccccc2)c2ccc(OC)cc2N=C(c2ccccc2)N1Cc1ccccc1. The van der Waals surface area contributed by atoms with Crippen molar-refractivity contribution >= 4 is 17.5 Å². The molecule has 0 saturated heterocycles. The molecule has 5 rings (SSSR count). The minimum Gasteiger partial charge on any atom is -0.497 e. The van der Waals surface area contributed by atoms with E-state index in [2.05, 4.69) is 17.0 Å². The largest absolute Gasteiger partial charge is 0.497 e. The number of esters is 1. The van der Waals surface area contributed by atoms with Crippen molar-refractivity contribution in [3.05, 3.63) is 131 Å². The molecule has 5 heteroatoms. The second-order valence-electron chi connectivity index (χ2n) is 8.55. The van der Waals surface area contributed by atoms with E-state index in [1.165, 1.54) is 0 Å². The molecule has 0 fully saturated rings. The van der Waals surface area contributed by atoms with Gasteiger partial charge in [0.25, 0.3) is 0 Å². The molecule has 0 unspecified atom stereocenters. The average Bonchev–Trinajstić information content (AvgIpc) is 2.94. The molecular formula is C31H28N2O3. The van der Waals surface area contributed by atoms with E-state index < -0.39 is 5.54 Å². The molecule has 0 amide bonds. The molecule has 1 heterocycles. The van der Waals surface area contributed by atoms with Crippen molar-refractivity contribution in [3.63, 3.8) is 0 Å². The third-order valence-corrected chi connectivity index (χ3v) is 6.46. The molecule has 5 nitrogen and oxygen atoms in total. The number of ether oxygens (including phenoxy) is 2. The Morgan fingerprint density at radius 3 is 2.14 bits per heavy atom. The van der Waals surface area contributed by atoms with Gasteiger partial charge in [-0.25, -0.2) is 9.79 Å². The summed E-state index contributed by atoms with van der Waals surface area (Å²) in [6.45, 7) is 2.55. The molecule has 1 aliphatic rings. The second kappa shape index (κ2) is 10.1. The summed E-state index contributed by atoms with van der Waals surface area (Å²) in [5.41, 5.74) is 2.95. The zero-order valence-electron chi connectivity index (χ0n) is 20.4. The lowest BCUT2D eigenvalue weighted by Crippen LogP contribution is -2.57. The van der Waals surface area contributed by atoms with Crippen LogP contribution in [0, 0.1) is 0 Å². The van der Waals surface area contributed by atoms with Gasteiger partial charge < -0.3 is 14.4 Å². The van der Waals surface area contributed by atoms with E-state index >= 15 is 0 Å². The highest BCUT2D eigenvalue weighted by Gasteiger charge is 2.53. The fourth-order valence-corrected chi connectivity index (χ4v) is 4.85. The molecule has 0 bridgehead atoms. The molecule has 180 valence electrons. The summed E-state index contributed by atoms with van der Waals surface area (Å²) in [6.07, 6.45) is 0. The predicted molar refractivity (Wildman–Crippen MR) is 141 cm³/mol. The van der Waals surface area contributed by atoms with E-state index in [1.54, 1.807) is 7.11 Å². The number of aliphatic imine (C=N–C) groups is 1. The molecule has 4 aromatic rings. The number of amidine groups is 1. The third-order valence-electron chi connectivity index (χ3n) is 6.46. The lowest BCUT2D eigenvalue weighted by atomic mass is 9.78. The van der Waals surface area contributed by atoms with E-state index in [0.29, 0.717) is 23.8 Å². The summed E-state index contributed by atoms with van der Waals surface area (Å²) in [4.78, 5) is 21.5. The fourth-order valence-electron chi connectivity index (χ4n) is 4.85. The monoisotopic (exact) mass is 476 g/mol. The molecule has 36 heavy (non-hydrogen) atoms. The van der Waals surface area contributed by atoms with Crippen molar-refractivity contribution < 1.29 is 14.3 Å². The van der Waals surface area contributed by atoms with Gasteiger partial charge in [0.15, 0.2) is 5.54 Å². The normalized spacial score (nSPS) is 16.6. The summed E-state index contributed by atoms with van der Waals surface area (Å²) in [5, 5.41) is 0. The summed E-state index contributed by atoms with van der Waals surface area (Å²) >= 11 is 0. The van der Waals surface area contributed by atoms with Gasteiger partial charge >= 0.3 is 5.97 Å². The van der Waals surface area contributed by atoms with Gasteiger partial charge in [-0.05, 0) is 30.2 Å². The number of rotatable bonds is 7. The van der Waals surface area contributed by atoms with E-state index in [9.17, 15) is 4.79 Å². The summed E-state index contributed by atoms with van der Waals surface area (Å²) < 4.78 is 11.4. The molecule has 4 aromatic carbocycles. The molecule has 1 atom stereocenters. The van der Waals surface area contributed by atoms with E-state index in [-0.39, 0.29) is 12.6 Å². The van der Waals surface area contributed by atoms with Crippen LogP contribution in [-0.4, -0.2) is 30.4 Å². The van der Waals surface area contributed by atoms with Crippen LogP contribution >= 0.6 is 0 Å². The van der Waals surface area contributed by atoms with Gasteiger partial charge in [0, 0.05) is 23.7 Å². The van der Waals surface area contributed by atoms with Crippen LogP contribution in [0.2, 0.25) is 0 Å². The minimum atomic E-state index is -1.26. The van der Waals surface area contributed by atoms with Crippen molar-refractivity contribution in [3.8, 4) is 5.75 Å². The van der Waals surface area contributed by atoms with Crippen LogP contribution in [0.25, 0.3) is 0 Å². The molecular weight excluding hydrogens is 448 g/mol. The maximum atomic E-state index is 14.3. The van der Waals surface area contributed by atoms with Gasteiger partial charge in [0.2, 0.25) is 0 Å². The number of benzene rings is 4. The van der Waals surface area contributed by atoms with Gasteiger partial charge in [-0.1, -0.05) is 91.0 Å². The number of hydrogen-bond acceptors (Lipinski definition) is 5. The Kier molecular flexibility index (Phi) is 6.54. The van der Waals surface area contributed by atoms with Crippen LogP contribution in [0.3, 0.4) is 0 Å². The van der Waals surface area contributed by atoms with Crippen LogP contribution in [0.15, 0.2) is 114 Å². The zero-order valence-corrected chi connectivity index (χ0v) is 20.4. The number of carbonyl (C=O) groups excluding carboxylic acids is 1. The lowest BCUT2D eigenvalue weighted by Gasteiger charge is -2.47. The maximum Gasteiger partial charge on any atom is 0.341 e. The highest BCUT2D eigenvalue weighted by atomic mass is 16.5. The Balaban J connectivity index is 1.87. The van der Waals surface area contributed by atoms with Gasteiger partial charge in [-0.2, -0.15) is 0 Å².